The summed E-state index contributed by atoms with van der Waals surface area (Å²) in [6, 6.07) is 6.05. The van der Waals surface area contributed by atoms with Crippen LogP contribution in [-0.2, 0) is 13.6 Å². The van der Waals surface area contributed by atoms with Crippen LogP contribution in [0.1, 0.15) is 5.56 Å². The predicted molar refractivity (Wildman–Crippen MR) is 78.7 cm³/mol. The molecule has 1 aromatic heterocycles. The zero-order valence-electron chi connectivity index (χ0n) is 11.8. The van der Waals surface area contributed by atoms with Gasteiger partial charge in [-0.1, -0.05) is 17.8 Å². The van der Waals surface area contributed by atoms with Crippen molar-refractivity contribution in [3.05, 3.63) is 23.8 Å². The highest BCUT2D eigenvalue weighted by Crippen LogP contribution is 2.30. The van der Waals surface area contributed by atoms with Gasteiger partial charge in [0, 0.05) is 25.9 Å². The van der Waals surface area contributed by atoms with Crippen LogP contribution >= 0.6 is 11.8 Å². The maximum atomic E-state index is 5.57. The highest BCUT2D eigenvalue weighted by molar-refractivity contribution is 7.99. The van der Waals surface area contributed by atoms with Crippen LogP contribution in [0.25, 0.3) is 0 Å². The van der Waals surface area contributed by atoms with Gasteiger partial charge in [0.15, 0.2) is 11.5 Å². The number of tetrazole rings is 1. The average molecular weight is 307 g/mol. The molecule has 0 bridgehead atoms. The summed E-state index contributed by atoms with van der Waals surface area (Å²) in [4.78, 5) is 0. The molecule has 0 fully saturated rings. The summed E-state index contributed by atoms with van der Waals surface area (Å²) >= 11 is 1.63. The predicted octanol–water partition coefficient (Wildman–Crippen LogP) is 0.863. The molecule has 2 heterocycles. The Morgan fingerprint density at radius 2 is 2.14 bits per heavy atom. The molecule has 8 heteroatoms. The van der Waals surface area contributed by atoms with Crippen LogP contribution in [0, 0.1) is 0 Å². The van der Waals surface area contributed by atoms with Crippen LogP contribution in [0.3, 0.4) is 0 Å². The minimum absolute atomic E-state index is 0.617. The van der Waals surface area contributed by atoms with Gasteiger partial charge in [-0.3, -0.25) is 0 Å². The third-order valence-electron chi connectivity index (χ3n) is 3.03. The summed E-state index contributed by atoms with van der Waals surface area (Å²) < 4.78 is 12.7. The largest absolute Gasteiger partial charge is 0.486 e. The first kappa shape index (κ1) is 14.2. The molecule has 0 atom stereocenters. The van der Waals surface area contributed by atoms with Gasteiger partial charge in [0.05, 0.1) is 0 Å². The molecule has 1 N–H and O–H groups in total. The molecular formula is C13H17N5O2S. The van der Waals surface area contributed by atoms with E-state index in [-0.39, 0.29) is 0 Å². The molecule has 0 radical (unpaired) electrons. The van der Waals surface area contributed by atoms with Crippen LogP contribution in [0.5, 0.6) is 11.5 Å². The van der Waals surface area contributed by atoms with E-state index in [9.17, 15) is 0 Å². The third kappa shape index (κ3) is 3.64. The van der Waals surface area contributed by atoms with Crippen LogP contribution in [0.4, 0.5) is 0 Å². The number of rotatable bonds is 6. The first-order chi connectivity index (χ1) is 10.3. The molecule has 0 aliphatic carbocycles. The smallest absolute Gasteiger partial charge is 0.209 e. The van der Waals surface area contributed by atoms with Gasteiger partial charge in [-0.05, 0) is 28.1 Å². The number of aromatic nitrogens is 4. The van der Waals surface area contributed by atoms with Crippen molar-refractivity contribution in [1.82, 2.24) is 25.5 Å². The van der Waals surface area contributed by atoms with Crippen LogP contribution in [-0.4, -0.2) is 45.7 Å². The van der Waals surface area contributed by atoms with Crippen molar-refractivity contribution in [2.24, 2.45) is 7.05 Å². The van der Waals surface area contributed by atoms with Gasteiger partial charge in [-0.25, -0.2) is 4.68 Å². The minimum Gasteiger partial charge on any atom is -0.486 e. The lowest BCUT2D eigenvalue weighted by Gasteiger charge is -2.18. The van der Waals surface area contributed by atoms with Gasteiger partial charge in [-0.2, -0.15) is 0 Å². The van der Waals surface area contributed by atoms with Gasteiger partial charge in [0.1, 0.15) is 13.2 Å². The Labute approximate surface area is 127 Å². The number of nitrogens with one attached hydrogen (secondary N) is 1. The second kappa shape index (κ2) is 6.77. The molecule has 3 rings (SSSR count). The fourth-order valence-electron chi connectivity index (χ4n) is 1.99. The zero-order chi connectivity index (χ0) is 14.5. The molecule has 1 aliphatic rings. The van der Waals surface area contributed by atoms with E-state index in [0.29, 0.717) is 13.2 Å². The Bertz CT molecular complexity index is 604. The monoisotopic (exact) mass is 307 g/mol. The number of benzene rings is 1. The summed E-state index contributed by atoms with van der Waals surface area (Å²) in [7, 11) is 1.84. The SMILES string of the molecule is Cn1nnnc1SCCNCc1ccc2c(c1)OCCO2. The van der Waals surface area contributed by atoms with E-state index in [4.69, 9.17) is 9.47 Å². The Morgan fingerprint density at radius 3 is 2.95 bits per heavy atom. The standard InChI is InChI=1S/C13H17N5O2S/c1-18-13(15-16-17-18)21-7-4-14-9-10-2-3-11-12(8-10)20-6-5-19-11/h2-3,8,14H,4-7,9H2,1H3. The summed E-state index contributed by atoms with van der Waals surface area (Å²) in [5, 5.41) is 15.5. The second-order valence-electron chi connectivity index (χ2n) is 4.59. The van der Waals surface area contributed by atoms with Gasteiger partial charge < -0.3 is 14.8 Å². The quantitative estimate of drug-likeness (QED) is 0.627. The number of hydrogen-bond acceptors (Lipinski definition) is 7. The van der Waals surface area contributed by atoms with Crippen molar-refractivity contribution in [3.63, 3.8) is 0 Å². The van der Waals surface area contributed by atoms with Crippen molar-refractivity contribution >= 4 is 11.8 Å². The van der Waals surface area contributed by atoms with Crippen LogP contribution < -0.4 is 14.8 Å². The number of hydrogen-bond donors (Lipinski definition) is 1. The highest BCUT2D eigenvalue weighted by Gasteiger charge is 2.11. The van der Waals surface area contributed by atoms with Crippen molar-refractivity contribution in [2.75, 3.05) is 25.5 Å². The van der Waals surface area contributed by atoms with Gasteiger partial charge in [-0.15, -0.1) is 5.10 Å². The summed E-state index contributed by atoms with van der Waals surface area (Å²) in [6.45, 7) is 2.92. The van der Waals surface area contributed by atoms with E-state index >= 15 is 0 Å². The summed E-state index contributed by atoms with van der Waals surface area (Å²) in [6.07, 6.45) is 0. The number of thioether (sulfide) groups is 1. The van der Waals surface area contributed by atoms with Crippen molar-refractivity contribution < 1.29 is 9.47 Å². The lowest BCUT2D eigenvalue weighted by atomic mass is 10.2. The van der Waals surface area contributed by atoms with Crippen molar-refractivity contribution in [3.8, 4) is 11.5 Å². The Balaban J connectivity index is 1.42. The summed E-state index contributed by atoms with van der Waals surface area (Å²) in [5.41, 5.74) is 1.18. The molecule has 1 aliphatic heterocycles. The molecule has 112 valence electrons. The number of nitrogens with zero attached hydrogens (tertiary/aromatic N) is 4. The fraction of sp³-hybridized carbons (Fsp3) is 0.462. The van der Waals surface area contributed by atoms with Gasteiger partial charge in [0.2, 0.25) is 5.16 Å². The maximum Gasteiger partial charge on any atom is 0.209 e. The van der Waals surface area contributed by atoms with Gasteiger partial charge >= 0.3 is 0 Å². The Kier molecular flexibility index (Phi) is 4.56. The van der Waals surface area contributed by atoms with Crippen LogP contribution in [0.15, 0.2) is 23.4 Å². The zero-order valence-corrected chi connectivity index (χ0v) is 12.6. The molecule has 21 heavy (non-hydrogen) atoms. The fourth-order valence-corrected chi connectivity index (χ4v) is 2.74. The molecule has 7 nitrogen and oxygen atoms in total. The van der Waals surface area contributed by atoms with Crippen molar-refractivity contribution in [2.45, 2.75) is 11.7 Å². The Hall–Kier alpha value is -1.80. The van der Waals surface area contributed by atoms with E-state index in [1.54, 1.807) is 16.4 Å². The van der Waals surface area contributed by atoms with E-state index in [0.717, 1.165) is 35.5 Å². The van der Waals surface area contributed by atoms with E-state index in [1.807, 2.05) is 19.2 Å². The lowest BCUT2D eigenvalue weighted by molar-refractivity contribution is 0.171. The molecule has 2 aromatic rings. The topological polar surface area (TPSA) is 74.1 Å². The normalized spacial score (nSPS) is 13.4. The summed E-state index contributed by atoms with van der Waals surface area (Å²) in [5.74, 6) is 2.58. The van der Waals surface area contributed by atoms with Crippen LogP contribution in [0.2, 0.25) is 0 Å². The lowest BCUT2D eigenvalue weighted by Crippen LogP contribution is -2.18. The number of aryl methyl sites for hydroxylation is 1. The molecular weight excluding hydrogens is 290 g/mol. The Morgan fingerprint density at radius 1 is 1.29 bits per heavy atom. The molecule has 0 saturated carbocycles. The van der Waals surface area contributed by atoms with E-state index in [2.05, 4.69) is 26.9 Å². The third-order valence-corrected chi connectivity index (χ3v) is 4.04. The average Bonchev–Trinajstić information content (AvgIpc) is 2.92. The number of fused-ring (bicyclic) bond motifs is 1. The first-order valence-electron chi connectivity index (χ1n) is 6.77. The minimum atomic E-state index is 0.617. The number of ether oxygens (including phenoxy) is 2. The molecule has 0 spiro atoms. The molecule has 0 saturated heterocycles. The molecule has 1 aromatic carbocycles. The maximum absolute atomic E-state index is 5.57. The molecule has 0 unspecified atom stereocenters. The van der Waals surface area contributed by atoms with Crippen molar-refractivity contribution in [1.29, 1.82) is 0 Å². The molecule has 0 amide bonds. The first-order valence-corrected chi connectivity index (χ1v) is 7.76. The van der Waals surface area contributed by atoms with E-state index < -0.39 is 0 Å². The van der Waals surface area contributed by atoms with E-state index in [1.165, 1.54) is 5.56 Å². The highest BCUT2D eigenvalue weighted by atomic mass is 32.2. The van der Waals surface area contributed by atoms with Gasteiger partial charge in [0.25, 0.3) is 0 Å². The second-order valence-corrected chi connectivity index (χ2v) is 5.65.